The minimum atomic E-state index is 0.246. The lowest BCUT2D eigenvalue weighted by molar-refractivity contribution is 0.477. The highest BCUT2D eigenvalue weighted by Crippen LogP contribution is 2.41. The third kappa shape index (κ3) is 3.15. The van der Waals surface area contributed by atoms with E-state index in [0.717, 1.165) is 37.6 Å². The highest BCUT2D eigenvalue weighted by molar-refractivity contribution is 7.21. The molecule has 1 N–H and O–H groups in total. The van der Waals surface area contributed by atoms with Gasteiger partial charge in [-0.3, -0.25) is 0 Å². The predicted octanol–water partition coefficient (Wildman–Crippen LogP) is 8.43. The molecule has 35 heavy (non-hydrogen) atoms. The third-order valence-corrected chi connectivity index (χ3v) is 7.57. The second kappa shape index (κ2) is 7.83. The number of hydrogen-bond donors (Lipinski definition) is 1. The predicted molar refractivity (Wildman–Crippen MR) is 146 cm³/mol. The Morgan fingerprint density at radius 3 is 1.97 bits per heavy atom. The normalized spacial score (nSPS) is 11.5. The molecule has 0 bridgehead atoms. The topological polar surface area (TPSA) is 38.1 Å². The summed E-state index contributed by atoms with van der Waals surface area (Å²) in [6, 6.07) is 39.4. The molecule has 7 aromatic rings. The summed E-state index contributed by atoms with van der Waals surface area (Å²) in [5.41, 5.74) is 7.36. The van der Waals surface area contributed by atoms with Gasteiger partial charge in [0.2, 0.25) is 0 Å². The van der Waals surface area contributed by atoms with Gasteiger partial charge in [-0.25, -0.2) is 4.98 Å². The molecule has 0 saturated carbocycles. The van der Waals surface area contributed by atoms with Crippen LogP contribution in [0.3, 0.4) is 0 Å². The van der Waals surface area contributed by atoms with Gasteiger partial charge in [-0.2, -0.15) is 0 Å². The van der Waals surface area contributed by atoms with Gasteiger partial charge in [-0.15, -0.1) is 11.3 Å². The summed E-state index contributed by atoms with van der Waals surface area (Å²) in [5, 5.41) is 13.8. The van der Waals surface area contributed by atoms with Gasteiger partial charge in [0.15, 0.2) is 0 Å². The molecule has 0 aliphatic rings. The van der Waals surface area contributed by atoms with Crippen LogP contribution in [-0.2, 0) is 0 Å². The second-order valence-corrected chi connectivity index (χ2v) is 9.64. The molecule has 0 radical (unpaired) electrons. The Kier molecular flexibility index (Phi) is 4.47. The zero-order chi connectivity index (χ0) is 23.4. The van der Waals surface area contributed by atoms with Crippen molar-refractivity contribution >= 4 is 43.4 Å². The van der Waals surface area contributed by atoms with Crippen molar-refractivity contribution in [2.45, 2.75) is 0 Å². The molecule has 7 rings (SSSR count). The molecule has 0 atom stereocenters. The number of rotatable bonds is 3. The smallest absolute Gasteiger partial charge is 0.128 e. The van der Waals surface area contributed by atoms with E-state index in [-0.39, 0.29) is 5.75 Å². The van der Waals surface area contributed by atoms with Crippen LogP contribution in [0.4, 0.5) is 0 Å². The maximum Gasteiger partial charge on any atom is 0.128 e. The van der Waals surface area contributed by atoms with Crippen LogP contribution in [0.15, 0.2) is 115 Å². The molecule has 166 valence electrons. The molecule has 0 fully saturated rings. The number of benzene rings is 5. The van der Waals surface area contributed by atoms with Crippen molar-refractivity contribution < 1.29 is 5.11 Å². The molecule has 0 unspecified atom stereocenters. The summed E-state index contributed by atoms with van der Waals surface area (Å²) in [4.78, 5) is 5.02. The molecule has 2 aromatic heterocycles. The number of thiazole rings is 1. The van der Waals surface area contributed by atoms with Crippen LogP contribution in [0.2, 0.25) is 0 Å². The Labute approximate surface area is 206 Å². The fourth-order valence-electron chi connectivity index (χ4n) is 4.95. The van der Waals surface area contributed by atoms with Crippen LogP contribution in [0.1, 0.15) is 0 Å². The van der Waals surface area contributed by atoms with E-state index in [0.29, 0.717) is 0 Å². The molecule has 0 spiro atoms. The molecular weight excluding hydrogens is 448 g/mol. The van der Waals surface area contributed by atoms with Gasteiger partial charge in [-0.1, -0.05) is 78.9 Å². The van der Waals surface area contributed by atoms with E-state index in [1.807, 2.05) is 24.3 Å². The quantitative estimate of drug-likeness (QED) is 0.283. The summed E-state index contributed by atoms with van der Waals surface area (Å²) in [6.07, 6.45) is 0. The first kappa shape index (κ1) is 20.0. The van der Waals surface area contributed by atoms with Crippen molar-refractivity contribution in [1.82, 2.24) is 9.55 Å². The number of aromatic hydroxyl groups is 1. The number of nitrogens with zero attached hydrogens (tertiary/aromatic N) is 2. The largest absolute Gasteiger partial charge is 0.507 e. The van der Waals surface area contributed by atoms with Crippen molar-refractivity contribution in [2.75, 3.05) is 0 Å². The molecule has 0 aliphatic carbocycles. The van der Waals surface area contributed by atoms with Crippen LogP contribution < -0.4 is 0 Å². The number of phenols is 1. The number of fused-ring (bicyclic) bond motifs is 4. The van der Waals surface area contributed by atoms with Crippen LogP contribution >= 0.6 is 11.3 Å². The Morgan fingerprint density at radius 2 is 1.26 bits per heavy atom. The minimum absolute atomic E-state index is 0.246. The van der Waals surface area contributed by atoms with Gasteiger partial charge in [0.05, 0.1) is 26.8 Å². The van der Waals surface area contributed by atoms with E-state index in [9.17, 15) is 5.11 Å². The summed E-state index contributed by atoms with van der Waals surface area (Å²) < 4.78 is 3.43. The lowest BCUT2D eigenvalue weighted by Gasteiger charge is -2.11. The monoisotopic (exact) mass is 468 g/mol. The van der Waals surface area contributed by atoms with Crippen molar-refractivity contribution in [3.63, 3.8) is 0 Å². The van der Waals surface area contributed by atoms with E-state index in [4.69, 9.17) is 4.98 Å². The maximum absolute atomic E-state index is 10.5. The van der Waals surface area contributed by atoms with E-state index in [1.54, 1.807) is 17.4 Å². The molecular formula is C31H20N2OS. The lowest BCUT2D eigenvalue weighted by Crippen LogP contribution is -1.95. The summed E-state index contributed by atoms with van der Waals surface area (Å²) >= 11 is 1.61. The number of aromatic nitrogens is 2. The van der Waals surface area contributed by atoms with Crippen LogP contribution in [0.25, 0.3) is 59.4 Å². The Hall–Kier alpha value is -4.41. The average Bonchev–Trinajstić information content (AvgIpc) is 3.48. The SMILES string of the molecule is Oc1ccccc1-c1nc2c(-c3ccccc3)cc(-n3c4ccccc4c4ccccc43)cc2s1. The highest BCUT2D eigenvalue weighted by atomic mass is 32.1. The molecule has 0 aliphatic heterocycles. The van der Waals surface area contributed by atoms with Crippen LogP contribution in [0.5, 0.6) is 5.75 Å². The Morgan fingerprint density at radius 1 is 0.629 bits per heavy atom. The van der Waals surface area contributed by atoms with E-state index in [2.05, 4.69) is 89.5 Å². The fraction of sp³-hybridized carbons (Fsp3) is 0. The molecule has 5 aromatic carbocycles. The van der Waals surface area contributed by atoms with Crippen LogP contribution in [-0.4, -0.2) is 14.7 Å². The maximum atomic E-state index is 10.5. The second-order valence-electron chi connectivity index (χ2n) is 8.61. The molecule has 0 amide bonds. The van der Waals surface area contributed by atoms with Crippen LogP contribution in [0, 0.1) is 0 Å². The zero-order valence-corrected chi connectivity index (χ0v) is 19.5. The fourth-order valence-corrected chi connectivity index (χ4v) is 6.01. The molecule has 0 saturated heterocycles. The zero-order valence-electron chi connectivity index (χ0n) is 18.7. The van der Waals surface area contributed by atoms with E-state index >= 15 is 0 Å². The minimum Gasteiger partial charge on any atom is -0.507 e. The van der Waals surface area contributed by atoms with Gasteiger partial charge < -0.3 is 9.67 Å². The first-order valence-electron chi connectivity index (χ1n) is 11.5. The van der Waals surface area contributed by atoms with Crippen molar-refractivity contribution in [1.29, 1.82) is 0 Å². The summed E-state index contributed by atoms with van der Waals surface area (Å²) in [7, 11) is 0. The Balaban J connectivity index is 1.57. The highest BCUT2D eigenvalue weighted by Gasteiger charge is 2.18. The molecule has 4 heteroatoms. The van der Waals surface area contributed by atoms with Crippen molar-refractivity contribution in [3.8, 4) is 33.1 Å². The lowest BCUT2D eigenvalue weighted by atomic mass is 10.0. The molecule has 2 heterocycles. The van der Waals surface area contributed by atoms with Crippen molar-refractivity contribution in [3.05, 3.63) is 115 Å². The van der Waals surface area contributed by atoms with Gasteiger partial charge in [0.1, 0.15) is 10.8 Å². The number of hydrogen-bond acceptors (Lipinski definition) is 3. The van der Waals surface area contributed by atoms with Gasteiger partial charge in [0, 0.05) is 22.0 Å². The van der Waals surface area contributed by atoms with Crippen molar-refractivity contribution in [2.24, 2.45) is 0 Å². The van der Waals surface area contributed by atoms with E-state index < -0.39 is 0 Å². The first-order chi connectivity index (χ1) is 17.3. The first-order valence-corrected chi connectivity index (χ1v) is 12.4. The van der Waals surface area contributed by atoms with Gasteiger partial charge in [-0.05, 0) is 42.0 Å². The number of para-hydroxylation sites is 3. The average molecular weight is 469 g/mol. The van der Waals surface area contributed by atoms with Gasteiger partial charge >= 0.3 is 0 Å². The summed E-state index contributed by atoms with van der Waals surface area (Å²) in [6.45, 7) is 0. The standard InChI is InChI=1S/C31H20N2OS/c34-28-17-9-6-14-24(28)31-32-30-25(20-10-2-1-3-11-20)18-21(19-29(30)35-31)33-26-15-7-4-12-22(26)23-13-5-8-16-27(23)33/h1-19,34H. The third-order valence-electron chi connectivity index (χ3n) is 6.54. The summed E-state index contributed by atoms with van der Waals surface area (Å²) in [5.74, 6) is 0.246. The number of phenolic OH excluding ortho intramolecular Hbond substituents is 1. The molecule has 3 nitrogen and oxygen atoms in total. The Bertz CT molecular complexity index is 1810. The van der Waals surface area contributed by atoms with E-state index in [1.165, 1.54) is 21.8 Å². The van der Waals surface area contributed by atoms with Gasteiger partial charge in [0.25, 0.3) is 0 Å².